The van der Waals surface area contributed by atoms with Crippen molar-refractivity contribution in [1.82, 2.24) is 11.0 Å². The van der Waals surface area contributed by atoms with Crippen LogP contribution in [0.5, 0.6) is 0 Å². The van der Waals surface area contributed by atoms with Gasteiger partial charge < -0.3 is 5.43 Å². The molecule has 0 aromatic heterocycles. The molecule has 0 radical (unpaired) electrons. The summed E-state index contributed by atoms with van der Waals surface area (Å²) >= 11 is 0. The minimum Gasteiger partial charge on any atom is -0.304 e. The summed E-state index contributed by atoms with van der Waals surface area (Å²) in [5.74, 6) is -0.136. The van der Waals surface area contributed by atoms with Crippen LogP contribution in [0.25, 0.3) is 0 Å². The Morgan fingerprint density at radius 1 is 0.739 bits per heavy atom. The molecule has 0 saturated carbocycles. The van der Waals surface area contributed by atoms with Crippen molar-refractivity contribution in [3.63, 3.8) is 0 Å². The third-order valence-electron chi connectivity index (χ3n) is 4.18. The number of carbonyl (C=O) groups excluding carboxylic acids is 1. The molecule has 4 bridgehead atoms. The molecule has 2 aromatic carbocycles. The monoisotopic (exact) mass is 309 g/mol. The number of fused-ring (bicyclic) bond motifs is 4. The minimum absolute atomic E-state index is 0.136. The van der Waals surface area contributed by atoms with Crippen LogP contribution in [-0.4, -0.2) is 5.91 Å². The fraction of sp³-hybridized carbons (Fsp3) is 0.316. The van der Waals surface area contributed by atoms with Crippen molar-refractivity contribution in [3.05, 3.63) is 65.2 Å². The second-order valence-electron chi connectivity index (χ2n) is 6.02. The third kappa shape index (κ3) is 4.57. The third-order valence-corrected chi connectivity index (χ3v) is 4.18. The van der Waals surface area contributed by atoms with Crippen molar-refractivity contribution in [2.24, 2.45) is 0 Å². The molecule has 2 aromatic rings. The highest BCUT2D eigenvalue weighted by Crippen LogP contribution is 2.15. The van der Waals surface area contributed by atoms with Crippen molar-refractivity contribution in [2.45, 2.75) is 38.5 Å². The Morgan fingerprint density at radius 3 is 2.22 bits per heavy atom. The Bertz CT molecular complexity index is 669. The van der Waals surface area contributed by atoms with Crippen molar-refractivity contribution in [2.75, 3.05) is 5.43 Å². The van der Waals surface area contributed by atoms with Crippen LogP contribution in [0.2, 0.25) is 0 Å². The normalized spacial score (nSPS) is 16.3. The standard InChI is InChI=1S/C19H23N3O/c23-19-17-11-5-9-15(13-17)7-3-1-2-4-8-16-10-6-12-18(14-16)20-22-21-19/h5-6,9-14,20,22H,1-4,7-8H2,(H,21,23). The summed E-state index contributed by atoms with van der Waals surface area (Å²) in [5, 5.41) is 0. The summed E-state index contributed by atoms with van der Waals surface area (Å²) in [6.45, 7) is 0. The van der Waals surface area contributed by atoms with E-state index in [0.29, 0.717) is 5.56 Å². The molecule has 1 heterocycles. The van der Waals surface area contributed by atoms with Gasteiger partial charge in [0, 0.05) is 5.56 Å². The van der Waals surface area contributed by atoms with Crippen LogP contribution in [0.3, 0.4) is 0 Å². The lowest BCUT2D eigenvalue weighted by atomic mass is 10.0. The van der Waals surface area contributed by atoms with Crippen LogP contribution in [0.1, 0.15) is 47.2 Å². The van der Waals surface area contributed by atoms with E-state index in [2.05, 4.69) is 34.6 Å². The smallest absolute Gasteiger partial charge is 0.266 e. The molecule has 1 aliphatic heterocycles. The average Bonchev–Trinajstić information content (AvgIpc) is 2.58. The van der Waals surface area contributed by atoms with Gasteiger partial charge in [-0.25, -0.2) is 0 Å². The molecule has 23 heavy (non-hydrogen) atoms. The fourth-order valence-corrected chi connectivity index (χ4v) is 2.92. The van der Waals surface area contributed by atoms with Gasteiger partial charge in [0.2, 0.25) is 0 Å². The number of hydrogen-bond acceptors (Lipinski definition) is 3. The largest absolute Gasteiger partial charge is 0.304 e. The number of nitrogens with one attached hydrogen (secondary N) is 3. The van der Waals surface area contributed by atoms with E-state index in [9.17, 15) is 4.79 Å². The van der Waals surface area contributed by atoms with Gasteiger partial charge in [-0.05, 0) is 61.1 Å². The zero-order chi connectivity index (χ0) is 15.9. The first kappa shape index (κ1) is 15.6. The van der Waals surface area contributed by atoms with Gasteiger partial charge in [0.15, 0.2) is 0 Å². The number of aryl methyl sites for hydroxylation is 2. The number of benzene rings is 2. The average molecular weight is 309 g/mol. The van der Waals surface area contributed by atoms with E-state index in [-0.39, 0.29) is 5.91 Å². The Balaban J connectivity index is 1.73. The zero-order valence-corrected chi connectivity index (χ0v) is 13.3. The van der Waals surface area contributed by atoms with E-state index in [4.69, 9.17) is 0 Å². The van der Waals surface area contributed by atoms with Crippen LogP contribution in [0, 0.1) is 0 Å². The van der Waals surface area contributed by atoms with E-state index >= 15 is 0 Å². The van der Waals surface area contributed by atoms with Gasteiger partial charge in [0.05, 0.1) is 5.69 Å². The summed E-state index contributed by atoms with van der Waals surface area (Å²) in [6.07, 6.45) is 6.99. The van der Waals surface area contributed by atoms with Crippen molar-refractivity contribution >= 4 is 11.6 Å². The van der Waals surface area contributed by atoms with E-state index in [1.54, 1.807) is 0 Å². The molecule has 0 fully saturated rings. The van der Waals surface area contributed by atoms with Crippen molar-refractivity contribution in [1.29, 1.82) is 0 Å². The molecular formula is C19H23N3O. The van der Waals surface area contributed by atoms with Gasteiger partial charge >= 0.3 is 0 Å². The van der Waals surface area contributed by atoms with Gasteiger partial charge in [0.25, 0.3) is 5.91 Å². The van der Waals surface area contributed by atoms with Gasteiger partial charge in [-0.1, -0.05) is 37.1 Å². The SMILES string of the molecule is O=C1NNNc2cccc(c2)CCCCCCc2cccc1c2. The van der Waals surface area contributed by atoms with Gasteiger partial charge in [0.1, 0.15) is 0 Å². The van der Waals surface area contributed by atoms with Gasteiger partial charge in [-0.15, -0.1) is 5.53 Å². The number of rotatable bonds is 0. The number of anilines is 1. The van der Waals surface area contributed by atoms with Crippen LogP contribution in [-0.2, 0) is 12.8 Å². The summed E-state index contributed by atoms with van der Waals surface area (Å²) in [4.78, 5) is 12.2. The Kier molecular flexibility index (Phi) is 5.27. The van der Waals surface area contributed by atoms with Crippen LogP contribution in [0.4, 0.5) is 5.69 Å². The van der Waals surface area contributed by atoms with E-state index in [1.807, 2.05) is 30.3 Å². The lowest BCUT2D eigenvalue weighted by Gasteiger charge is -2.12. The van der Waals surface area contributed by atoms with E-state index in [1.165, 1.54) is 36.8 Å². The zero-order valence-electron chi connectivity index (χ0n) is 13.3. The number of amides is 1. The molecule has 0 saturated heterocycles. The highest BCUT2D eigenvalue weighted by atomic mass is 16.2. The van der Waals surface area contributed by atoms with Crippen LogP contribution < -0.4 is 16.4 Å². The lowest BCUT2D eigenvalue weighted by molar-refractivity contribution is 0.0937. The van der Waals surface area contributed by atoms with Crippen molar-refractivity contribution < 1.29 is 4.79 Å². The highest BCUT2D eigenvalue weighted by Gasteiger charge is 2.06. The summed E-state index contributed by atoms with van der Waals surface area (Å²) in [6, 6.07) is 16.1. The van der Waals surface area contributed by atoms with Crippen molar-refractivity contribution in [3.8, 4) is 0 Å². The van der Waals surface area contributed by atoms with E-state index in [0.717, 1.165) is 18.5 Å². The first-order valence-electron chi connectivity index (χ1n) is 8.30. The topological polar surface area (TPSA) is 53.2 Å². The van der Waals surface area contributed by atoms with Crippen LogP contribution in [0.15, 0.2) is 48.5 Å². The molecule has 1 aliphatic rings. The molecular weight excluding hydrogens is 286 g/mol. The maximum Gasteiger partial charge on any atom is 0.266 e. The predicted octanol–water partition coefficient (Wildman–Crippen LogP) is 3.61. The molecule has 3 rings (SSSR count). The summed E-state index contributed by atoms with van der Waals surface area (Å²) in [5.41, 5.74) is 12.7. The summed E-state index contributed by atoms with van der Waals surface area (Å²) in [7, 11) is 0. The first-order valence-corrected chi connectivity index (χ1v) is 8.30. The van der Waals surface area contributed by atoms with E-state index < -0.39 is 0 Å². The Hall–Kier alpha value is -2.33. The van der Waals surface area contributed by atoms with Gasteiger partial charge in [-0.3, -0.25) is 10.2 Å². The quantitative estimate of drug-likeness (QED) is 0.697. The molecule has 0 aliphatic carbocycles. The molecule has 1 amide bonds. The highest BCUT2D eigenvalue weighted by molar-refractivity contribution is 5.94. The van der Waals surface area contributed by atoms with Crippen LogP contribution >= 0.6 is 0 Å². The first-order chi connectivity index (χ1) is 11.3. The second-order valence-corrected chi connectivity index (χ2v) is 6.02. The molecule has 0 spiro atoms. The maximum absolute atomic E-state index is 12.2. The maximum atomic E-state index is 12.2. The minimum atomic E-state index is -0.136. The molecule has 4 nitrogen and oxygen atoms in total. The molecule has 120 valence electrons. The number of hydrazine groups is 2. The predicted molar refractivity (Wildman–Crippen MR) is 93.0 cm³/mol. The Labute approximate surface area is 137 Å². The fourth-order valence-electron chi connectivity index (χ4n) is 2.92. The number of hydrogen-bond donors (Lipinski definition) is 3. The second kappa shape index (κ2) is 7.79. The van der Waals surface area contributed by atoms with Gasteiger partial charge in [-0.2, -0.15) is 0 Å². The molecule has 4 heteroatoms. The lowest BCUT2D eigenvalue weighted by Crippen LogP contribution is -2.41. The molecule has 0 atom stereocenters. The molecule has 3 N–H and O–H groups in total. The summed E-state index contributed by atoms with van der Waals surface area (Å²) < 4.78 is 0. The number of carbonyl (C=O) groups is 1. The Morgan fingerprint density at radius 2 is 1.43 bits per heavy atom. The molecule has 0 unspecified atom stereocenters.